The van der Waals surface area contributed by atoms with Gasteiger partial charge in [0.15, 0.2) is 0 Å². The van der Waals surface area contributed by atoms with Crippen LogP contribution in [0.15, 0.2) is 18.2 Å². The van der Waals surface area contributed by atoms with Gasteiger partial charge in [0.25, 0.3) is 10.2 Å². The van der Waals surface area contributed by atoms with Crippen LogP contribution in [0.3, 0.4) is 0 Å². The first kappa shape index (κ1) is 12.8. The van der Waals surface area contributed by atoms with E-state index in [-0.39, 0.29) is 0 Å². The third-order valence-corrected chi connectivity index (χ3v) is 3.16. The van der Waals surface area contributed by atoms with E-state index in [2.05, 4.69) is 9.44 Å². The first-order valence-electron chi connectivity index (χ1n) is 5.08. The number of anilines is 2. The fraction of sp³-hybridized carbons (Fsp3) is 0.400. The molecule has 1 aromatic rings. The summed E-state index contributed by atoms with van der Waals surface area (Å²) in [6, 6.07) is 5.05. The molecule has 1 aromatic carbocycles. The number of hydrogen-bond donors (Lipinski definition) is 3. The van der Waals surface area contributed by atoms with Gasteiger partial charge in [0.05, 0.1) is 5.69 Å². The van der Waals surface area contributed by atoms with Crippen molar-refractivity contribution in [3.8, 4) is 0 Å². The SMILES string of the molecule is CCCNS(=O)(=O)Nc1ccc(C)c(N)c1. The van der Waals surface area contributed by atoms with Gasteiger partial charge in [0.1, 0.15) is 0 Å². The predicted molar refractivity (Wildman–Crippen MR) is 66.4 cm³/mol. The summed E-state index contributed by atoms with van der Waals surface area (Å²) in [5, 5.41) is 0. The Balaban J connectivity index is 2.76. The van der Waals surface area contributed by atoms with E-state index in [4.69, 9.17) is 5.73 Å². The van der Waals surface area contributed by atoms with Crippen molar-refractivity contribution in [1.82, 2.24) is 4.72 Å². The summed E-state index contributed by atoms with van der Waals surface area (Å²) >= 11 is 0. The Morgan fingerprint density at radius 1 is 1.38 bits per heavy atom. The zero-order chi connectivity index (χ0) is 12.2. The molecular formula is C10H17N3O2S. The fourth-order valence-electron chi connectivity index (χ4n) is 1.13. The van der Waals surface area contributed by atoms with Crippen molar-refractivity contribution in [3.63, 3.8) is 0 Å². The molecule has 0 amide bonds. The fourth-order valence-corrected chi connectivity index (χ4v) is 2.11. The summed E-state index contributed by atoms with van der Waals surface area (Å²) in [5.41, 5.74) is 7.64. The van der Waals surface area contributed by atoms with Gasteiger partial charge in [-0.25, -0.2) is 0 Å². The standard InChI is InChI=1S/C10H17N3O2S/c1-3-6-12-16(14,15)13-9-5-4-8(2)10(11)7-9/h4-5,7,12-13H,3,6,11H2,1-2H3. The second-order valence-electron chi connectivity index (χ2n) is 3.57. The van der Waals surface area contributed by atoms with Gasteiger partial charge in [0, 0.05) is 12.2 Å². The average Bonchev–Trinajstić information content (AvgIpc) is 2.20. The summed E-state index contributed by atoms with van der Waals surface area (Å²) in [4.78, 5) is 0. The number of nitrogens with one attached hydrogen (secondary N) is 2. The Kier molecular flexibility index (Phi) is 4.14. The number of benzene rings is 1. The second kappa shape index (κ2) is 5.18. The normalized spacial score (nSPS) is 11.4. The number of nitrogen functional groups attached to an aromatic ring is 1. The molecule has 0 unspecified atom stereocenters. The monoisotopic (exact) mass is 243 g/mol. The molecule has 0 saturated heterocycles. The maximum absolute atomic E-state index is 11.5. The van der Waals surface area contributed by atoms with Crippen molar-refractivity contribution in [2.75, 3.05) is 17.0 Å². The Morgan fingerprint density at radius 3 is 2.62 bits per heavy atom. The molecule has 0 aromatic heterocycles. The maximum atomic E-state index is 11.5. The van der Waals surface area contributed by atoms with Gasteiger partial charge in [0.2, 0.25) is 0 Å². The molecule has 90 valence electrons. The van der Waals surface area contributed by atoms with Crippen LogP contribution >= 0.6 is 0 Å². The highest BCUT2D eigenvalue weighted by Crippen LogP contribution is 2.17. The number of nitrogens with two attached hydrogens (primary N) is 1. The van der Waals surface area contributed by atoms with Gasteiger partial charge in [-0.05, 0) is 31.0 Å². The highest BCUT2D eigenvalue weighted by molar-refractivity contribution is 7.90. The van der Waals surface area contributed by atoms with Crippen molar-refractivity contribution in [3.05, 3.63) is 23.8 Å². The Morgan fingerprint density at radius 2 is 2.06 bits per heavy atom. The lowest BCUT2D eigenvalue weighted by Crippen LogP contribution is -2.30. The van der Waals surface area contributed by atoms with Crippen LogP contribution in [-0.2, 0) is 10.2 Å². The average molecular weight is 243 g/mol. The predicted octanol–water partition coefficient (Wildman–Crippen LogP) is 1.23. The molecular weight excluding hydrogens is 226 g/mol. The van der Waals surface area contributed by atoms with Gasteiger partial charge >= 0.3 is 0 Å². The zero-order valence-electron chi connectivity index (χ0n) is 9.45. The van der Waals surface area contributed by atoms with E-state index < -0.39 is 10.2 Å². The minimum atomic E-state index is -3.48. The van der Waals surface area contributed by atoms with Crippen LogP contribution in [0.25, 0.3) is 0 Å². The smallest absolute Gasteiger partial charge is 0.299 e. The Bertz CT molecular complexity index is 457. The Labute approximate surface area is 96.2 Å². The quantitative estimate of drug-likeness (QED) is 0.680. The molecule has 0 spiro atoms. The second-order valence-corrected chi connectivity index (χ2v) is 5.07. The van der Waals surface area contributed by atoms with Gasteiger partial charge in [-0.15, -0.1) is 0 Å². The molecule has 0 radical (unpaired) electrons. The summed E-state index contributed by atoms with van der Waals surface area (Å²) in [5.74, 6) is 0. The molecule has 0 aliphatic rings. The van der Waals surface area contributed by atoms with Crippen LogP contribution < -0.4 is 15.2 Å². The minimum absolute atomic E-state index is 0.413. The minimum Gasteiger partial charge on any atom is -0.398 e. The number of hydrogen-bond acceptors (Lipinski definition) is 3. The molecule has 0 heterocycles. The van der Waals surface area contributed by atoms with E-state index in [1.807, 2.05) is 13.8 Å². The molecule has 6 heteroatoms. The van der Waals surface area contributed by atoms with Crippen LogP contribution in [0.5, 0.6) is 0 Å². The van der Waals surface area contributed by atoms with Crippen molar-refractivity contribution < 1.29 is 8.42 Å². The van der Waals surface area contributed by atoms with Crippen LogP contribution in [0.1, 0.15) is 18.9 Å². The lowest BCUT2D eigenvalue weighted by atomic mass is 10.2. The molecule has 16 heavy (non-hydrogen) atoms. The van der Waals surface area contributed by atoms with E-state index in [1.54, 1.807) is 18.2 Å². The third-order valence-electron chi connectivity index (χ3n) is 2.07. The molecule has 5 nitrogen and oxygen atoms in total. The topological polar surface area (TPSA) is 84.2 Å². The van der Waals surface area contributed by atoms with Gasteiger partial charge in [-0.1, -0.05) is 13.0 Å². The van der Waals surface area contributed by atoms with Gasteiger partial charge < -0.3 is 5.73 Å². The first-order valence-corrected chi connectivity index (χ1v) is 6.56. The highest BCUT2D eigenvalue weighted by Gasteiger charge is 2.08. The van der Waals surface area contributed by atoms with Crippen molar-refractivity contribution in [2.45, 2.75) is 20.3 Å². The maximum Gasteiger partial charge on any atom is 0.299 e. The lowest BCUT2D eigenvalue weighted by Gasteiger charge is -2.09. The van der Waals surface area contributed by atoms with E-state index in [0.29, 0.717) is 17.9 Å². The highest BCUT2D eigenvalue weighted by atomic mass is 32.2. The van der Waals surface area contributed by atoms with Crippen LogP contribution in [0, 0.1) is 6.92 Å². The number of rotatable bonds is 5. The summed E-state index contributed by atoms with van der Waals surface area (Å²) in [6.07, 6.45) is 0.747. The van der Waals surface area contributed by atoms with E-state index in [9.17, 15) is 8.42 Å². The third kappa shape index (κ3) is 3.71. The molecule has 1 rings (SSSR count). The first-order chi connectivity index (χ1) is 7.44. The van der Waals surface area contributed by atoms with Crippen molar-refractivity contribution >= 4 is 21.6 Å². The van der Waals surface area contributed by atoms with E-state index in [0.717, 1.165) is 12.0 Å². The molecule has 0 aliphatic heterocycles. The molecule has 0 bridgehead atoms. The van der Waals surface area contributed by atoms with E-state index in [1.165, 1.54) is 0 Å². The van der Waals surface area contributed by atoms with Gasteiger partial charge in [-0.3, -0.25) is 4.72 Å². The summed E-state index contributed by atoms with van der Waals surface area (Å²) in [7, 11) is -3.48. The lowest BCUT2D eigenvalue weighted by molar-refractivity contribution is 0.586. The van der Waals surface area contributed by atoms with Gasteiger partial charge in [-0.2, -0.15) is 13.1 Å². The van der Waals surface area contributed by atoms with Crippen molar-refractivity contribution in [1.29, 1.82) is 0 Å². The molecule has 0 atom stereocenters. The van der Waals surface area contributed by atoms with Crippen LogP contribution in [0.4, 0.5) is 11.4 Å². The zero-order valence-corrected chi connectivity index (χ0v) is 10.3. The van der Waals surface area contributed by atoms with Crippen LogP contribution in [0.2, 0.25) is 0 Å². The molecule has 0 fully saturated rings. The summed E-state index contributed by atoms with van der Waals surface area (Å²) in [6.45, 7) is 4.17. The van der Waals surface area contributed by atoms with Crippen molar-refractivity contribution in [2.24, 2.45) is 0 Å². The largest absolute Gasteiger partial charge is 0.398 e. The number of aryl methyl sites for hydroxylation is 1. The summed E-state index contributed by atoms with van der Waals surface area (Å²) < 4.78 is 27.8. The Hall–Kier alpha value is -1.27. The molecule has 0 saturated carbocycles. The molecule has 0 aliphatic carbocycles. The van der Waals surface area contributed by atoms with E-state index >= 15 is 0 Å². The van der Waals surface area contributed by atoms with Crippen LogP contribution in [-0.4, -0.2) is 15.0 Å². The molecule has 4 N–H and O–H groups in total.